The van der Waals surface area contributed by atoms with Crippen LogP contribution in [-0.2, 0) is 4.79 Å². The first kappa shape index (κ1) is 24.8. The van der Waals surface area contributed by atoms with E-state index in [0.717, 1.165) is 29.7 Å². The number of hydrogen-bond donors (Lipinski definition) is 3. The van der Waals surface area contributed by atoms with Crippen molar-refractivity contribution in [1.29, 1.82) is 0 Å². The summed E-state index contributed by atoms with van der Waals surface area (Å²) in [6, 6.07) is 11.6. The van der Waals surface area contributed by atoms with Crippen molar-refractivity contribution in [3.63, 3.8) is 0 Å². The number of halogens is 2. The SMILES string of the molecule is CC(C)(C(=O)O)C1(F)CCC(Oc2cc3nc(-c4ccc(N5CC[C@@H](O)C5)cc4)c(Cl)cc3[nH]2)CC1. The number of aromatic nitrogens is 2. The minimum Gasteiger partial charge on any atom is -0.481 e. The number of fused-ring (bicyclic) bond motifs is 1. The molecule has 7 nitrogen and oxygen atoms in total. The lowest BCUT2D eigenvalue weighted by molar-refractivity contribution is -0.160. The zero-order valence-electron chi connectivity index (χ0n) is 20.4. The number of nitrogens with zero attached hydrogens (tertiary/aromatic N) is 2. The highest BCUT2D eigenvalue weighted by Crippen LogP contribution is 2.46. The molecule has 3 N–H and O–H groups in total. The van der Waals surface area contributed by atoms with Gasteiger partial charge in [0.15, 0.2) is 5.88 Å². The Labute approximate surface area is 214 Å². The van der Waals surface area contributed by atoms with Gasteiger partial charge in [-0.3, -0.25) is 4.79 Å². The van der Waals surface area contributed by atoms with Crippen molar-refractivity contribution in [2.24, 2.45) is 5.41 Å². The first-order chi connectivity index (χ1) is 17.1. The van der Waals surface area contributed by atoms with Crippen LogP contribution in [0.25, 0.3) is 22.3 Å². The highest BCUT2D eigenvalue weighted by molar-refractivity contribution is 6.33. The van der Waals surface area contributed by atoms with Gasteiger partial charge in [-0.2, -0.15) is 0 Å². The maximum Gasteiger partial charge on any atom is 0.312 e. The number of carboxylic acids is 1. The molecule has 9 heteroatoms. The molecule has 3 aromatic rings. The average Bonchev–Trinajstić information content (AvgIpc) is 3.45. The summed E-state index contributed by atoms with van der Waals surface area (Å²) >= 11 is 6.57. The number of ether oxygens (including phenoxy) is 1. The minimum atomic E-state index is -1.76. The van der Waals surface area contributed by atoms with Crippen molar-refractivity contribution < 1.29 is 24.1 Å². The molecule has 0 unspecified atom stereocenters. The molecule has 2 aliphatic rings. The number of carboxylic acid groups (broad SMARTS) is 1. The van der Waals surface area contributed by atoms with Crippen molar-refractivity contribution in [3.05, 3.63) is 41.4 Å². The van der Waals surface area contributed by atoms with E-state index in [-0.39, 0.29) is 25.0 Å². The molecule has 0 radical (unpaired) electrons. The van der Waals surface area contributed by atoms with Crippen LogP contribution in [0, 0.1) is 5.41 Å². The van der Waals surface area contributed by atoms with Crippen LogP contribution in [0.3, 0.4) is 0 Å². The van der Waals surface area contributed by atoms with Gasteiger partial charge in [-0.1, -0.05) is 23.7 Å². The fourth-order valence-corrected chi connectivity index (χ4v) is 5.50. The van der Waals surface area contributed by atoms with E-state index in [2.05, 4.69) is 9.88 Å². The number of hydrogen-bond acceptors (Lipinski definition) is 5. The van der Waals surface area contributed by atoms with E-state index in [9.17, 15) is 15.0 Å². The summed E-state index contributed by atoms with van der Waals surface area (Å²) in [7, 11) is 0. The molecule has 0 bridgehead atoms. The van der Waals surface area contributed by atoms with Crippen molar-refractivity contribution >= 4 is 34.3 Å². The Bertz CT molecular complexity index is 1270. The Morgan fingerprint density at radius 2 is 1.92 bits per heavy atom. The topological polar surface area (TPSA) is 98.7 Å². The molecular formula is C27H31ClFN3O4. The fraction of sp³-hybridized carbons (Fsp3) is 0.481. The molecule has 1 atom stereocenters. The van der Waals surface area contributed by atoms with Crippen LogP contribution in [0.2, 0.25) is 5.02 Å². The van der Waals surface area contributed by atoms with Crippen LogP contribution in [0.1, 0.15) is 46.0 Å². The number of β-amino-alcohol motifs (C(OH)–C–C–N with tert-alkyl or cyclic N) is 1. The van der Waals surface area contributed by atoms with Gasteiger partial charge in [0, 0.05) is 30.4 Å². The van der Waals surface area contributed by atoms with Crippen molar-refractivity contribution in [3.8, 4) is 17.1 Å². The van der Waals surface area contributed by atoms with E-state index in [0.29, 0.717) is 41.5 Å². The van der Waals surface area contributed by atoms with Crippen molar-refractivity contribution in [2.75, 3.05) is 18.0 Å². The number of anilines is 1. The lowest BCUT2D eigenvalue weighted by Gasteiger charge is -2.41. The smallest absolute Gasteiger partial charge is 0.312 e. The molecule has 5 rings (SSSR count). The molecule has 1 aromatic carbocycles. The Morgan fingerprint density at radius 3 is 2.53 bits per heavy atom. The molecule has 3 heterocycles. The summed E-state index contributed by atoms with van der Waals surface area (Å²) in [6.07, 6.45) is 1.43. The predicted molar refractivity (Wildman–Crippen MR) is 138 cm³/mol. The monoisotopic (exact) mass is 515 g/mol. The molecule has 36 heavy (non-hydrogen) atoms. The summed E-state index contributed by atoms with van der Waals surface area (Å²) in [5.41, 5.74) is 0.863. The van der Waals surface area contributed by atoms with E-state index in [1.165, 1.54) is 13.8 Å². The molecule has 0 spiro atoms. The van der Waals surface area contributed by atoms with Crippen LogP contribution < -0.4 is 9.64 Å². The second kappa shape index (κ2) is 9.23. The molecule has 1 aliphatic carbocycles. The highest BCUT2D eigenvalue weighted by atomic mass is 35.5. The number of nitrogens with one attached hydrogen (secondary N) is 1. The number of aliphatic carboxylic acids is 1. The third kappa shape index (κ3) is 4.52. The van der Waals surface area contributed by atoms with E-state index >= 15 is 4.39 Å². The summed E-state index contributed by atoms with van der Waals surface area (Å²) < 4.78 is 21.5. The molecule has 192 valence electrons. The van der Waals surface area contributed by atoms with Gasteiger partial charge in [-0.05, 0) is 64.2 Å². The first-order valence-corrected chi connectivity index (χ1v) is 12.8. The molecule has 2 fully saturated rings. The lowest BCUT2D eigenvalue weighted by atomic mass is 9.68. The number of aliphatic hydroxyl groups is 1. The zero-order chi connectivity index (χ0) is 25.7. The molecule has 0 amide bonds. The van der Waals surface area contributed by atoms with Crippen LogP contribution >= 0.6 is 11.6 Å². The Hall–Kier alpha value is -2.84. The number of benzene rings is 1. The van der Waals surface area contributed by atoms with E-state index < -0.39 is 17.1 Å². The highest BCUT2D eigenvalue weighted by Gasteiger charge is 2.52. The van der Waals surface area contributed by atoms with Crippen LogP contribution in [0.5, 0.6) is 5.88 Å². The molecule has 1 saturated heterocycles. The number of pyridine rings is 1. The predicted octanol–water partition coefficient (Wildman–Crippen LogP) is 5.59. The Kier molecular flexibility index (Phi) is 6.37. The number of rotatable bonds is 6. The van der Waals surface area contributed by atoms with Crippen LogP contribution in [-0.4, -0.2) is 57.1 Å². The van der Waals surface area contributed by atoms with Gasteiger partial charge in [0.2, 0.25) is 0 Å². The second-order valence-electron chi connectivity index (χ2n) is 10.5. The van der Waals surface area contributed by atoms with Crippen LogP contribution in [0.15, 0.2) is 36.4 Å². The van der Waals surface area contributed by atoms with Crippen molar-refractivity contribution in [2.45, 2.75) is 63.8 Å². The zero-order valence-corrected chi connectivity index (χ0v) is 21.2. The maximum atomic E-state index is 15.4. The van der Waals surface area contributed by atoms with E-state index in [1.54, 1.807) is 0 Å². The maximum absolute atomic E-state index is 15.4. The Morgan fingerprint density at radius 1 is 1.22 bits per heavy atom. The number of alkyl halides is 1. The lowest BCUT2D eigenvalue weighted by Crippen LogP contribution is -2.49. The number of carbonyl (C=O) groups is 1. The standard InChI is InChI=1S/C27H31ClFN3O4/c1-26(2,25(34)35)27(29)10-7-19(8-11-27)36-23-14-22-21(30-23)13-20(28)24(31-22)16-3-5-17(6-4-16)32-12-9-18(33)15-32/h3-6,13-14,18-19,30,33H,7-12,15H2,1-2H3,(H,34,35)/t18-,19?,27?/m1/s1. The summed E-state index contributed by atoms with van der Waals surface area (Å²) in [6.45, 7) is 4.38. The van der Waals surface area contributed by atoms with E-state index in [4.69, 9.17) is 21.3 Å². The van der Waals surface area contributed by atoms with Gasteiger partial charge in [0.1, 0.15) is 11.8 Å². The molecular weight excluding hydrogens is 485 g/mol. The van der Waals surface area contributed by atoms with Gasteiger partial charge < -0.3 is 24.8 Å². The Balaban J connectivity index is 1.29. The quantitative estimate of drug-likeness (QED) is 0.395. The molecule has 1 aliphatic heterocycles. The largest absolute Gasteiger partial charge is 0.481 e. The number of aromatic amines is 1. The third-order valence-electron chi connectivity index (χ3n) is 7.87. The van der Waals surface area contributed by atoms with Crippen LogP contribution in [0.4, 0.5) is 10.1 Å². The van der Waals surface area contributed by atoms with Gasteiger partial charge in [-0.25, -0.2) is 9.37 Å². The van der Waals surface area contributed by atoms with Crippen molar-refractivity contribution in [1.82, 2.24) is 9.97 Å². The second-order valence-corrected chi connectivity index (χ2v) is 10.9. The van der Waals surface area contributed by atoms with Gasteiger partial charge in [-0.15, -0.1) is 0 Å². The van der Waals surface area contributed by atoms with Gasteiger partial charge in [0.25, 0.3) is 0 Å². The van der Waals surface area contributed by atoms with Gasteiger partial charge in [0.05, 0.1) is 33.3 Å². The van der Waals surface area contributed by atoms with E-state index in [1.807, 2.05) is 36.4 Å². The number of aliphatic hydroxyl groups excluding tert-OH is 1. The summed E-state index contributed by atoms with van der Waals surface area (Å²) in [5, 5.41) is 19.7. The summed E-state index contributed by atoms with van der Waals surface area (Å²) in [5.74, 6) is -0.592. The van der Waals surface area contributed by atoms with Gasteiger partial charge >= 0.3 is 5.97 Å². The fourth-order valence-electron chi connectivity index (χ4n) is 5.24. The third-order valence-corrected chi connectivity index (χ3v) is 8.16. The normalized spacial score (nSPS) is 24.9. The first-order valence-electron chi connectivity index (χ1n) is 12.4. The average molecular weight is 516 g/mol. The number of H-pyrrole nitrogens is 1. The minimum absolute atomic E-state index is 0.137. The summed E-state index contributed by atoms with van der Waals surface area (Å²) in [4.78, 5) is 21.6. The molecule has 2 aromatic heterocycles. The molecule has 1 saturated carbocycles.